The van der Waals surface area contributed by atoms with Gasteiger partial charge in [0.2, 0.25) is 0 Å². The fourth-order valence-electron chi connectivity index (χ4n) is 7.06. The van der Waals surface area contributed by atoms with Crippen LogP contribution < -0.4 is 4.90 Å². The Labute approximate surface area is 274 Å². The van der Waals surface area contributed by atoms with Crippen LogP contribution in [0.25, 0.3) is 65.3 Å². The summed E-state index contributed by atoms with van der Waals surface area (Å²) in [5.74, 6) is 0. The van der Waals surface area contributed by atoms with Crippen molar-refractivity contribution in [1.29, 1.82) is 0 Å². The van der Waals surface area contributed by atoms with E-state index >= 15 is 0 Å². The molecule has 0 bridgehead atoms. The van der Waals surface area contributed by atoms with E-state index in [0.717, 1.165) is 17.1 Å². The maximum Gasteiger partial charge on any atom is 0.0468 e. The maximum absolute atomic E-state index is 2.39. The first-order valence-electron chi connectivity index (χ1n) is 16.2. The van der Waals surface area contributed by atoms with Crippen LogP contribution in [0, 0.1) is 0 Å². The van der Waals surface area contributed by atoms with E-state index in [-0.39, 0.29) is 0 Å². The van der Waals surface area contributed by atoms with Crippen LogP contribution >= 0.6 is 0 Å². The first-order valence-corrected chi connectivity index (χ1v) is 16.2. The van der Waals surface area contributed by atoms with Gasteiger partial charge in [-0.2, -0.15) is 0 Å². The average molecular weight is 598 g/mol. The second-order valence-corrected chi connectivity index (χ2v) is 12.2. The molecule has 47 heavy (non-hydrogen) atoms. The van der Waals surface area contributed by atoms with Crippen molar-refractivity contribution in [1.82, 2.24) is 0 Å². The average Bonchev–Trinajstić information content (AvgIpc) is 3.14. The van der Waals surface area contributed by atoms with E-state index in [0.29, 0.717) is 0 Å². The zero-order valence-electron chi connectivity index (χ0n) is 25.8. The van der Waals surface area contributed by atoms with E-state index in [1.807, 2.05) is 0 Å². The van der Waals surface area contributed by atoms with Gasteiger partial charge < -0.3 is 4.90 Å². The van der Waals surface area contributed by atoms with Crippen LogP contribution in [-0.4, -0.2) is 0 Å². The highest BCUT2D eigenvalue weighted by Crippen LogP contribution is 2.41. The SMILES string of the molecule is c1cc(-c2ccc3ccccc3c2)cc(N(c2cccc(-c3cc4ccccc4c4ccccc34)c2)c2ccc3ccccc3c2)c1. The van der Waals surface area contributed by atoms with E-state index in [9.17, 15) is 0 Å². The van der Waals surface area contributed by atoms with E-state index in [1.165, 1.54) is 65.3 Å². The zero-order valence-corrected chi connectivity index (χ0v) is 25.8. The molecular formula is C46H31N. The van der Waals surface area contributed by atoms with E-state index in [2.05, 4.69) is 193 Å². The standard InChI is InChI=1S/C46H31N/c1-3-13-34-27-37(24-23-32(34)11-1)36-16-9-18-40(29-36)47(42-26-25-33-12-2-4-14-35(33)28-42)41-19-10-17-38(30-41)46-31-39-15-5-6-20-43(39)44-21-7-8-22-45(44)46/h1-31H. The summed E-state index contributed by atoms with van der Waals surface area (Å²) in [5.41, 5.74) is 8.19. The minimum absolute atomic E-state index is 1.12. The summed E-state index contributed by atoms with van der Waals surface area (Å²) in [6, 6.07) is 68.4. The Morgan fingerprint density at radius 3 is 1.51 bits per heavy atom. The highest BCUT2D eigenvalue weighted by Gasteiger charge is 2.16. The Kier molecular flexibility index (Phi) is 6.54. The Bertz CT molecular complexity index is 2600. The smallest absolute Gasteiger partial charge is 0.0468 e. The van der Waals surface area contributed by atoms with Gasteiger partial charge in [-0.3, -0.25) is 0 Å². The molecule has 0 aromatic heterocycles. The van der Waals surface area contributed by atoms with Crippen molar-refractivity contribution in [3.8, 4) is 22.3 Å². The third-order valence-electron chi connectivity index (χ3n) is 9.36. The van der Waals surface area contributed by atoms with Gasteiger partial charge in [-0.1, -0.05) is 140 Å². The van der Waals surface area contributed by atoms with Crippen molar-refractivity contribution in [3.63, 3.8) is 0 Å². The summed E-state index contributed by atoms with van der Waals surface area (Å²) in [5, 5.41) is 10.0. The molecule has 1 heteroatoms. The van der Waals surface area contributed by atoms with Gasteiger partial charge in [0.05, 0.1) is 0 Å². The van der Waals surface area contributed by atoms with E-state index in [4.69, 9.17) is 0 Å². The third kappa shape index (κ3) is 4.90. The molecule has 9 aromatic carbocycles. The molecule has 0 aliphatic rings. The molecule has 0 unspecified atom stereocenters. The number of anilines is 3. The molecule has 0 saturated heterocycles. The molecule has 0 amide bonds. The zero-order chi connectivity index (χ0) is 31.2. The summed E-state index contributed by atoms with van der Waals surface area (Å²) in [6.07, 6.45) is 0. The van der Waals surface area contributed by atoms with Crippen LogP contribution in [0.5, 0.6) is 0 Å². The van der Waals surface area contributed by atoms with E-state index < -0.39 is 0 Å². The van der Waals surface area contributed by atoms with E-state index in [1.54, 1.807) is 0 Å². The van der Waals surface area contributed by atoms with Gasteiger partial charge in [0.1, 0.15) is 0 Å². The highest BCUT2D eigenvalue weighted by atomic mass is 15.1. The topological polar surface area (TPSA) is 3.24 Å². The lowest BCUT2D eigenvalue weighted by Gasteiger charge is -2.27. The summed E-state index contributed by atoms with van der Waals surface area (Å²) >= 11 is 0. The van der Waals surface area contributed by atoms with Crippen molar-refractivity contribution in [2.24, 2.45) is 0 Å². The number of benzene rings is 9. The van der Waals surface area contributed by atoms with Gasteiger partial charge in [0, 0.05) is 17.1 Å². The molecule has 0 aliphatic carbocycles. The molecule has 0 aliphatic heterocycles. The predicted octanol–water partition coefficient (Wildman–Crippen LogP) is 13.1. The van der Waals surface area contributed by atoms with Gasteiger partial charge in [-0.25, -0.2) is 0 Å². The molecule has 0 saturated carbocycles. The first kappa shape index (κ1) is 27.2. The highest BCUT2D eigenvalue weighted by molar-refractivity contribution is 6.14. The number of fused-ring (bicyclic) bond motifs is 5. The molecule has 9 rings (SSSR count). The van der Waals surface area contributed by atoms with Crippen molar-refractivity contribution < 1.29 is 0 Å². The van der Waals surface area contributed by atoms with Crippen molar-refractivity contribution in [3.05, 3.63) is 188 Å². The lowest BCUT2D eigenvalue weighted by molar-refractivity contribution is 1.29. The quantitative estimate of drug-likeness (QED) is 0.178. The predicted molar refractivity (Wildman–Crippen MR) is 202 cm³/mol. The van der Waals surface area contributed by atoms with Crippen LogP contribution in [0.3, 0.4) is 0 Å². The molecule has 1 nitrogen and oxygen atoms in total. The molecule has 0 spiro atoms. The van der Waals surface area contributed by atoms with Gasteiger partial charge in [0.25, 0.3) is 0 Å². The van der Waals surface area contributed by atoms with Crippen LogP contribution in [0.2, 0.25) is 0 Å². The minimum Gasteiger partial charge on any atom is -0.310 e. The Balaban J connectivity index is 1.23. The second-order valence-electron chi connectivity index (χ2n) is 12.2. The minimum atomic E-state index is 1.12. The molecule has 0 fully saturated rings. The Morgan fingerprint density at radius 2 is 0.766 bits per heavy atom. The molecule has 0 atom stereocenters. The summed E-state index contributed by atoms with van der Waals surface area (Å²) in [4.78, 5) is 2.39. The number of hydrogen-bond donors (Lipinski definition) is 0. The Morgan fingerprint density at radius 1 is 0.255 bits per heavy atom. The maximum atomic E-state index is 2.39. The van der Waals surface area contributed by atoms with Gasteiger partial charge in [-0.15, -0.1) is 0 Å². The van der Waals surface area contributed by atoms with Gasteiger partial charge >= 0.3 is 0 Å². The first-order chi connectivity index (χ1) is 23.3. The fourth-order valence-corrected chi connectivity index (χ4v) is 7.06. The van der Waals surface area contributed by atoms with Gasteiger partial charge in [0.15, 0.2) is 0 Å². The van der Waals surface area contributed by atoms with Crippen LogP contribution in [0.15, 0.2) is 188 Å². The summed E-state index contributed by atoms with van der Waals surface area (Å²) in [6.45, 7) is 0. The third-order valence-corrected chi connectivity index (χ3v) is 9.36. The summed E-state index contributed by atoms with van der Waals surface area (Å²) in [7, 11) is 0. The lowest BCUT2D eigenvalue weighted by atomic mass is 9.93. The monoisotopic (exact) mass is 597 g/mol. The summed E-state index contributed by atoms with van der Waals surface area (Å²) < 4.78 is 0. The molecule has 0 N–H and O–H groups in total. The van der Waals surface area contributed by atoms with Crippen molar-refractivity contribution >= 4 is 60.2 Å². The number of nitrogens with zero attached hydrogens (tertiary/aromatic N) is 1. The Hall–Kier alpha value is -6.18. The number of rotatable bonds is 5. The molecular weight excluding hydrogens is 567 g/mol. The molecule has 220 valence electrons. The van der Waals surface area contributed by atoms with Crippen molar-refractivity contribution in [2.45, 2.75) is 0 Å². The van der Waals surface area contributed by atoms with Crippen LogP contribution in [-0.2, 0) is 0 Å². The van der Waals surface area contributed by atoms with Crippen molar-refractivity contribution in [2.75, 3.05) is 4.90 Å². The molecule has 9 aromatic rings. The lowest BCUT2D eigenvalue weighted by Crippen LogP contribution is -2.10. The normalized spacial score (nSPS) is 11.4. The number of hydrogen-bond acceptors (Lipinski definition) is 1. The van der Waals surface area contributed by atoms with Crippen LogP contribution in [0.4, 0.5) is 17.1 Å². The van der Waals surface area contributed by atoms with Gasteiger partial charge in [-0.05, 0) is 114 Å². The fraction of sp³-hybridized carbons (Fsp3) is 0. The largest absolute Gasteiger partial charge is 0.310 e. The van der Waals surface area contributed by atoms with Crippen LogP contribution in [0.1, 0.15) is 0 Å². The second kappa shape index (κ2) is 11.3. The molecule has 0 radical (unpaired) electrons. The molecule has 0 heterocycles.